The molecule has 0 radical (unpaired) electrons. The molecule has 27 heavy (non-hydrogen) atoms. The fraction of sp³-hybridized carbons (Fsp3) is 0.333. The number of morpholine rings is 1. The van der Waals surface area contributed by atoms with Gasteiger partial charge in [-0.05, 0) is 42.3 Å². The number of ether oxygens (including phenoxy) is 1. The number of nitrogens with one attached hydrogen (secondary N) is 2. The molecule has 0 atom stereocenters. The monoisotopic (exact) mass is 367 g/mol. The zero-order valence-corrected chi connectivity index (χ0v) is 15.5. The van der Waals surface area contributed by atoms with Crippen LogP contribution < -0.4 is 10.6 Å². The van der Waals surface area contributed by atoms with Crippen molar-refractivity contribution in [1.29, 1.82) is 0 Å². The molecule has 142 valence electrons. The van der Waals surface area contributed by atoms with Crippen LogP contribution in [0.4, 0.5) is 10.5 Å². The van der Waals surface area contributed by atoms with Crippen molar-refractivity contribution >= 4 is 17.5 Å². The Morgan fingerprint density at radius 3 is 2.22 bits per heavy atom. The smallest absolute Gasteiger partial charge is 0.319 e. The second-order valence-electron chi connectivity index (χ2n) is 6.65. The Bertz CT molecular complexity index is 766. The van der Waals surface area contributed by atoms with Crippen molar-refractivity contribution in [1.82, 2.24) is 10.2 Å². The van der Waals surface area contributed by atoms with Crippen LogP contribution in [0.5, 0.6) is 0 Å². The van der Waals surface area contributed by atoms with E-state index in [1.54, 1.807) is 24.3 Å². The van der Waals surface area contributed by atoms with E-state index in [1.807, 2.05) is 12.1 Å². The molecule has 1 fully saturated rings. The van der Waals surface area contributed by atoms with Crippen LogP contribution in [0.1, 0.15) is 28.4 Å². The van der Waals surface area contributed by atoms with Crippen molar-refractivity contribution in [3.63, 3.8) is 0 Å². The quantitative estimate of drug-likeness (QED) is 0.770. The summed E-state index contributed by atoms with van der Waals surface area (Å²) < 4.78 is 5.37. The number of nitrogens with zero attached hydrogens (tertiary/aromatic N) is 1. The molecule has 2 amide bonds. The maximum absolute atomic E-state index is 12.0. The lowest BCUT2D eigenvalue weighted by Crippen LogP contribution is -2.35. The summed E-state index contributed by atoms with van der Waals surface area (Å²) in [5.41, 5.74) is 3.58. The molecule has 2 N–H and O–H groups in total. The van der Waals surface area contributed by atoms with E-state index in [1.165, 1.54) is 12.5 Å². The largest absolute Gasteiger partial charge is 0.379 e. The maximum atomic E-state index is 12.0. The van der Waals surface area contributed by atoms with E-state index in [0.717, 1.165) is 38.4 Å². The third-order valence-electron chi connectivity index (χ3n) is 4.54. The highest BCUT2D eigenvalue weighted by molar-refractivity contribution is 5.95. The normalized spacial score (nSPS) is 14.6. The molecular formula is C21H25N3O3. The summed E-state index contributed by atoms with van der Waals surface area (Å²) >= 11 is 0. The van der Waals surface area contributed by atoms with Crippen LogP contribution in [-0.2, 0) is 17.8 Å². The summed E-state index contributed by atoms with van der Waals surface area (Å²) in [5.74, 6) is 0.00284. The maximum Gasteiger partial charge on any atom is 0.319 e. The van der Waals surface area contributed by atoms with E-state index in [2.05, 4.69) is 27.7 Å². The lowest BCUT2D eigenvalue weighted by atomic mass is 10.1. The number of ketones is 1. The van der Waals surface area contributed by atoms with Gasteiger partial charge in [0.15, 0.2) is 5.78 Å². The number of carbonyl (C=O) groups is 2. The average molecular weight is 367 g/mol. The number of benzene rings is 2. The lowest BCUT2D eigenvalue weighted by molar-refractivity contribution is 0.0342. The SMILES string of the molecule is CC(=O)c1ccc(NC(=O)NCc2ccc(CN3CCOCC3)cc2)cc1. The van der Waals surface area contributed by atoms with Crippen molar-refractivity contribution in [2.75, 3.05) is 31.6 Å². The minimum absolute atomic E-state index is 0.00284. The zero-order chi connectivity index (χ0) is 19.1. The van der Waals surface area contributed by atoms with E-state index in [4.69, 9.17) is 4.74 Å². The van der Waals surface area contributed by atoms with Crippen molar-refractivity contribution in [3.05, 3.63) is 65.2 Å². The van der Waals surface area contributed by atoms with Gasteiger partial charge in [0, 0.05) is 37.4 Å². The van der Waals surface area contributed by atoms with Crippen LogP contribution in [0.2, 0.25) is 0 Å². The molecule has 6 heteroatoms. The molecule has 0 saturated carbocycles. The molecule has 2 aromatic carbocycles. The van der Waals surface area contributed by atoms with Crippen molar-refractivity contribution in [2.24, 2.45) is 0 Å². The number of hydrogen-bond acceptors (Lipinski definition) is 4. The third kappa shape index (κ3) is 5.91. The third-order valence-corrected chi connectivity index (χ3v) is 4.54. The first kappa shape index (κ1) is 19.1. The van der Waals surface area contributed by atoms with Crippen molar-refractivity contribution < 1.29 is 14.3 Å². The van der Waals surface area contributed by atoms with Crippen LogP contribution in [0.3, 0.4) is 0 Å². The van der Waals surface area contributed by atoms with Crippen LogP contribution in [0.15, 0.2) is 48.5 Å². The second kappa shape index (κ2) is 9.30. The Morgan fingerprint density at radius 2 is 1.59 bits per heavy atom. The first-order valence-corrected chi connectivity index (χ1v) is 9.14. The van der Waals surface area contributed by atoms with Gasteiger partial charge in [0.25, 0.3) is 0 Å². The minimum Gasteiger partial charge on any atom is -0.379 e. The molecule has 1 saturated heterocycles. The van der Waals surface area contributed by atoms with Gasteiger partial charge < -0.3 is 15.4 Å². The molecule has 2 aromatic rings. The summed E-state index contributed by atoms with van der Waals surface area (Å²) in [6.45, 7) is 6.43. The molecular weight excluding hydrogens is 342 g/mol. The summed E-state index contributed by atoms with van der Waals surface area (Å²) in [4.78, 5) is 25.7. The van der Waals surface area contributed by atoms with Crippen LogP contribution in [0.25, 0.3) is 0 Å². The fourth-order valence-electron chi connectivity index (χ4n) is 2.93. The topological polar surface area (TPSA) is 70.7 Å². The van der Waals surface area contributed by atoms with Crippen molar-refractivity contribution in [2.45, 2.75) is 20.0 Å². The summed E-state index contributed by atoms with van der Waals surface area (Å²) in [7, 11) is 0. The highest BCUT2D eigenvalue weighted by atomic mass is 16.5. The summed E-state index contributed by atoms with van der Waals surface area (Å²) in [5, 5.41) is 5.61. The Hall–Kier alpha value is -2.70. The number of anilines is 1. The Kier molecular flexibility index (Phi) is 6.57. The van der Waals surface area contributed by atoms with E-state index >= 15 is 0 Å². The van der Waals surface area contributed by atoms with Gasteiger partial charge in [-0.25, -0.2) is 4.79 Å². The Labute approximate surface area is 159 Å². The number of Topliss-reactive ketones (excluding diaryl/α,β-unsaturated/α-hetero) is 1. The Balaban J connectivity index is 1.44. The minimum atomic E-state index is -0.275. The van der Waals surface area contributed by atoms with Gasteiger partial charge in [-0.1, -0.05) is 24.3 Å². The van der Waals surface area contributed by atoms with Gasteiger partial charge in [-0.15, -0.1) is 0 Å². The van der Waals surface area contributed by atoms with E-state index in [9.17, 15) is 9.59 Å². The van der Waals surface area contributed by atoms with Gasteiger partial charge in [-0.2, -0.15) is 0 Å². The highest BCUT2D eigenvalue weighted by Crippen LogP contribution is 2.11. The molecule has 6 nitrogen and oxygen atoms in total. The first-order chi connectivity index (χ1) is 13.1. The molecule has 0 bridgehead atoms. The van der Waals surface area contributed by atoms with Gasteiger partial charge in [0.1, 0.15) is 0 Å². The number of urea groups is 1. The molecule has 0 aromatic heterocycles. The number of amides is 2. The average Bonchev–Trinajstić information content (AvgIpc) is 2.69. The number of rotatable bonds is 6. The van der Waals surface area contributed by atoms with Gasteiger partial charge in [0.2, 0.25) is 0 Å². The zero-order valence-electron chi connectivity index (χ0n) is 15.5. The molecule has 3 rings (SSSR count). The molecule has 0 aliphatic carbocycles. The Morgan fingerprint density at radius 1 is 0.963 bits per heavy atom. The van der Waals surface area contributed by atoms with Crippen molar-refractivity contribution in [3.8, 4) is 0 Å². The molecule has 1 aliphatic heterocycles. The molecule has 0 unspecified atom stereocenters. The predicted octanol–water partition coefficient (Wildman–Crippen LogP) is 3.04. The van der Waals surface area contributed by atoms with E-state index in [-0.39, 0.29) is 11.8 Å². The highest BCUT2D eigenvalue weighted by Gasteiger charge is 2.10. The van der Waals surface area contributed by atoms with E-state index in [0.29, 0.717) is 17.8 Å². The van der Waals surface area contributed by atoms with Crippen LogP contribution in [-0.4, -0.2) is 43.0 Å². The predicted molar refractivity (Wildman–Crippen MR) is 105 cm³/mol. The molecule has 1 aliphatic rings. The van der Waals surface area contributed by atoms with Crippen LogP contribution in [0, 0.1) is 0 Å². The van der Waals surface area contributed by atoms with Crippen LogP contribution >= 0.6 is 0 Å². The lowest BCUT2D eigenvalue weighted by Gasteiger charge is -2.26. The standard InChI is InChI=1S/C21H25N3O3/c1-16(25)19-6-8-20(9-7-19)23-21(26)22-14-17-2-4-18(5-3-17)15-24-10-12-27-13-11-24/h2-9H,10-15H2,1H3,(H2,22,23,26). The van der Waals surface area contributed by atoms with Gasteiger partial charge in [-0.3, -0.25) is 9.69 Å². The summed E-state index contributed by atoms with van der Waals surface area (Å²) in [6, 6.07) is 14.8. The number of carbonyl (C=O) groups excluding carboxylic acids is 2. The van der Waals surface area contributed by atoms with Gasteiger partial charge >= 0.3 is 6.03 Å². The van der Waals surface area contributed by atoms with E-state index < -0.39 is 0 Å². The van der Waals surface area contributed by atoms with Gasteiger partial charge in [0.05, 0.1) is 13.2 Å². The molecule has 1 heterocycles. The first-order valence-electron chi connectivity index (χ1n) is 9.14. The number of hydrogen-bond donors (Lipinski definition) is 2. The fourth-order valence-corrected chi connectivity index (χ4v) is 2.93. The second-order valence-corrected chi connectivity index (χ2v) is 6.65. The molecule has 0 spiro atoms. The summed E-state index contributed by atoms with van der Waals surface area (Å²) in [6.07, 6.45) is 0.